The highest BCUT2D eigenvalue weighted by Gasteiger charge is 1.96. The second-order valence-electron chi connectivity index (χ2n) is 2.95. The zero-order valence-electron chi connectivity index (χ0n) is 8.23. The Morgan fingerprint density at radius 3 is 2.54 bits per heavy atom. The number of rotatable bonds is 4. The summed E-state index contributed by atoms with van der Waals surface area (Å²) >= 11 is 0. The highest BCUT2D eigenvalue weighted by atomic mass is 16.5. The van der Waals surface area contributed by atoms with Gasteiger partial charge in [0.05, 0.1) is 6.10 Å². The van der Waals surface area contributed by atoms with Crippen LogP contribution >= 0.6 is 0 Å². The van der Waals surface area contributed by atoms with E-state index < -0.39 is 0 Å². The van der Waals surface area contributed by atoms with E-state index in [2.05, 4.69) is 31.2 Å². The number of methoxy groups -OCH3 is 1. The van der Waals surface area contributed by atoms with E-state index in [0.717, 1.165) is 6.42 Å². The molecule has 0 spiro atoms. The lowest BCUT2D eigenvalue weighted by Crippen LogP contribution is -2.03. The van der Waals surface area contributed by atoms with E-state index in [1.807, 2.05) is 18.2 Å². The van der Waals surface area contributed by atoms with Crippen LogP contribution < -0.4 is 0 Å². The van der Waals surface area contributed by atoms with Crippen molar-refractivity contribution in [3.05, 3.63) is 42.0 Å². The molecule has 0 saturated carbocycles. The quantitative estimate of drug-likeness (QED) is 0.685. The lowest BCUT2D eigenvalue weighted by molar-refractivity contribution is 0.138. The molecule has 70 valence electrons. The van der Waals surface area contributed by atoms with Crippen molar-refractivity contribution in [2.75, 3.05) is 7.11 Å². The minimum Gasteiger partial charge on any atom is -0.377 e. The molecule has 0 radical (unpaired) electrons. The first-order chi connectivity index (χ1) is 6.36. The second-order valence-corrected chi connectivity index (χ2v) is 2.95. The van der Waals surface area contributed by atoms with Crippen molar-refractivity contribution >= 4 is 6.08 Å². The van der Waals surface area contributed by atoms with E-state index in [1.54, 1.807) is 7.11 Å². The van der Waals surface area contributed by atoms with Crippen molar-refractivity contribution in [3.8, 4) is 0 Å². The molecule has 1 unspecified atom stereocenters. The molecule has 1 rings (SSSR count). The number of ether oxygens (including phenoxy) is 1. The normalized spacial score (nSPS) is 13.4. The molecule has 1 atom stereocenters. The molecule has 1 nitrogen and oxygen atoms in total. The second kappa shape index (κ2) is 5.55. The highest BCUT2D eigenvalue weighted by molar-refractivity contribution is 5.49. The average Bonchev–Trinajstić information content (AvgIpc) is 2.21. The summed E-state index contributed by atoms with van der Waals surface area (Å²) in [6, 6.07) is 10.3. The van der Waals surface area contributed by atoms with Gasteiger partial charge in [-0.05, 0) is 12.0 Å². The van der Waals surface area contributed by atoms with Crippen molar-refractivity contribution < 1.29 is 4.74 Å². The maximum absolute atomic E-state index is 5.23. The molecule has 1 aromatic rings. The molecular formula is C12H16O. The largest absolute Gasteiger partial charge is 0.377 e. The molecule has 1 aromatic carbocycles. The molecule has 0 bridgehead atoms. The summed E-state index contributed by atoms with van der Waals surface area (Å²) in [6.07, 6.45) is 5.44. The fourth-order valence-corrected chi connectivity index (χ4v) is 1.16. The highest BCUT2D eigenvalue weighted by Crippen LogP contribution is 2.05. The first-order valence-corrected chi connectivity index (χ1v) is 4.63. The first-order valence-electron chi connectivity index (χ1n) is 4.63. The van der Waals surface area contributed by atoms with Crippen LogP contribution in [-0.4, -0.2) is 13.2 Å². The minimum absolute atomic E-state index is 0.236. The fourth-order valence-electron chi connectivity index (χ4n) is 1.16. The Morgan fingerprint density at radius 1 is 1.31 bits per heavy atom. The van der Waals surface area contributed by atoms with Crippen LogP contribution in [0.2, 0.25) is 0 Å². The molecule has 0 N–H and O–H groups in total. The van der Waals surface area contributed by atoms with Gasteiger partial charge in [0.25, 0.3) is 0 Å². The van der Waals surface area contributed by atoms with E-state index >= 15 is 0 Å². The SMILES string of the molecule is CCC(/C=C/c1ccccc1)OC. The first kappa shape index (κ1) is 10.0. The van der Waals surface area contributed by atoms with Crippen LogP contribution in [0, 0.1) is 0 Å². The van der Waals surface area contributed by atoms with E-state index in [4.69, 9.17) is 4.74 Å². The Hall–Kier alpha value is -1.08. The number of benzene rings is 1. The molecule has 0 amide bonds. The maximum atomic E-state index is 5.23. The van der Waals surface area contributed by atoms with Crippen LogP contribution in [0.3, 0.4) is 0 Å². The third-order valence-electron chi connectivity index (χ3n) is 2.01. The molecule has 0 aliphatic heterocycles. The zero-order valence-corrected chi connectivity index (χ0v) is 8.23. The molecule has 0 fully saturated rings. The Kier molecular flexibility index (Phi) is 4.27. The maximum Gasteiger partial charge on any atom is 0.0752 e. The summed E-state index contributed by atoms with van der Waals surface area (Å²) in [5, 5.41) is 0. The Bertz CT molecular complexity index is 247. The van der Waals surface area contributed by atoms with Crippen LogP contribution in [0.5, 0.6) is 0 Å². The van der Waals surface area contributed by atoms with Gasteiger partial charge in [0.1, 0.15) is 0 Å². The van der Waals surface area contributed by atoms with Crippen molar-refractivity contribution in [2.24, 2.45) is 0 Å². The molecular weight excluding hydrogens is 160 g/mol. The molecule has 0 saturated heterocycles. The molecule has 0 aliphatic carbocycles. The summed E-state index contributed by atoms with van der Waals surface area (Å²) < 4.78 is 5.23. The van der Waals surface area contributed by atoms with Gasteiger partial charge in [-0.2, -0.15) is 0 Å². The van der Waals surface area contributed by atoms with Gasteiger partial charge in [0.15, 0.2) is 0 Å². The van der Waals surface area contributed by atoms with Gasteiger partial charge in [-0.3, -0.25) is 0 Å². The fraction of sp³-hybridized carbons (Fsp3) is 0.333. The van der Waals surface area contributed by atoms with E-state index in [-0.39, 0.29) is 6.10 Å². The Labute approximate surface area is 80.0 Å². The van der Waals surface area contributed by atoms with Crippen LogP contribution in [0.1, 0.15) is 18.9 Å². The van der Waals surface area contributed by atoms with Crippen LogP contribution in [-0.2, 0) is 4.74 Å². The summed E-state index contributed by atoms with van der Waals surface area (Å²) in [5.41, 5.74) is 1.22. The van der Waals surface area contributed by atoms with E-state index in [9.17, 15) is 0 Å². The smallest absolute Gasteiger partial charge is 0.0752 e. The van der Waals surface area contributed by atoms with Crippen molar-refractivity contribution in [2.45, 2.75) is 19.4 Å². The topological polar surface area (TPSA) is 9.23 Å². The molecule has 13 heavy (non-hydrogen) atoms. The third kappa shape index (κ3) is 3.43. The predicted molar refractivity (Wildman–Crippen MR) is 56.6 cm³/mol. The Morgan fingerprint density at radius 2 is 2.00 bits per heavy atom. The van der Waals surface area contributed by atoms with Gasteiger partial charge < -0.3 is 4.74 Å². The summed E-state index contributed by atoms with van der Waals surface area (Å²) in [4.78, 5) is 0. The third-order valence-corrected chi connectivity index (χ3v) is 2.01. The van der Waals surface area contributed by atoms with E-state index in [0.29, 0.717) is 0 Å². The molecule has 0 aromatic heterocycles. The molecule has 0 aliphatic rings. The van der Waals surface area contributed by atoms with Crippen molar-refractivity contribution in [3.63, 3.8) is 0 Å². The summed E-state index contributed by atoms with van der Waals surface area (Å²) in [7, 11) is 1.74. The average molecular weight is 176 g/mol. The van der Waals surface area contributed by atoms with Gasteiger partial charge in [-0.1, -0.05) is 49.4 Å². The molecule has 1 heteroatoms. The van der Waals surface area contributed by atoms with Crippen LogP contribution in [0.4, 0.5) is 0 Å². The predicted octanol–water partition coefficient (Wildman–Crippen LogP) is 3.12. The molecule has 0 heterocycles. The standard InChI is InChI=1S/C12H16O/c1-3-12(13-2)10-9-11-7-5-4-6-8-11/h4-10,12H,3H2,1-2H3/b10-9+. The van der Waals surface area contributed by atoms with Crippen LogP contribution in [0.15, 0.2) is 36.4 Å². The van der Waals surface area contributed by atoms with Gasteiger partial charge in [-0.25, -0.2) is 0 Å². The monoisotopic (exact) mass is 176 g/mol. The lowest BCUT2D eigenvalue weighted by atomic mass is 10.1. The van der Waals surface area contributed by atoms with Gasteiger partial charge in [-0.15, -0.1) is 0 Å². The zero-order chi connectivity index (χ0) is 9.52. The summed E-state index contributed by atoms with van der Waals surface area (Å²) in [5.74, 6) is 0. The van der Waals surface area contributed by atoms with Gasteiger partial charge >= 0.3 is 0 Å². The van der Waals surface area contributed by atoms with Gasteiger partial charge in [0, 0.05) is 7.11 Å². The van der Waals surface area contributed by atoms with Crippen LogP contribution in [0.25, 0.3) is 6.08 Å². The number of hydrogen-bond donors (Lipinski definition) is 0. The lowest BCUT2D eigenvalue weighted by Gasteiger charge is -2.05. The van der Waals surface area contributed by atoms with Crippen molar-refractivity contribution in [1.29, 1.82) is 0 Å². The van der Waals surface area contributed by atoms with Gasteiger partial charge in [0.2, 0.25) is 0 Å². The van der Waals surface area contributed by atoms with Crippen molar-refractivity contribution in [1.82, 2.24) is 0 Å². The van der Waals surface area contributed by atoms with E-state index in [1.165, 1.54) is 5.56 Å². The summed E-state index contributed by atoms with van der Waals surface area (Å²) in [6.45, 7) is 2.11. The minimum atomic E-state index is 0.236. The number of hydrogen-bond acceptors (Lipinski definition) is 1. The Balaban J connectivity index is 2.57.